The SMILES string of the molecule is CCOC1CC(NC2CCC(C)C(C)C2)C12CCC2. The third-order valence-corrected chi connectivity index (χ3v) is 6.47. The molecule has 19 heavy (non-hydrogen) atoms. The molecule has 0 saturated heterocycles. The molecule has 0 aromatic carbocycles. The summed E-state index contributed by atoms with van der Waals surface area (Å²) in [5.74, 6) is 1.82. The van der Waals surface area contributed by atoms with Crippen molar-refractivity contribution in [2.45, 2.75) is 83.9 Å². The second kappa shape index (κ2) is 5.37. The molecule has 3 saturated carbocycles. The molecule has 2 nitrogen and oxygen atoms in total. The zero-order valence-electron chi connectivity index (χ0n) is 13.0. The third kappa shape index (κ3) is 2.35. The first kappa shape index (κ1) is 13.9. The van der Waals surface area contributed by atoms with E-state index >= 15 is 0 Å². The van der Waals surface area contributed by atoms with Crippen molar-refractivity contribution in [2.75, 3.05) is 6.61 Å². The maximum absolute atomic E-state index is 5.95. The Bertz CT molecular complexity index is 312. The third-order valence-electron chi connectivity index (χ3n) is 6.47. The summed E-state index contributed by atoms with van der Waals surface area (Å²) in [5.41, 5.74) is 0.530. The van der Waals surface area contributed by atoms with E-state index in [4.69, 9.17) is 4.74 Å². The van der Waals surface area contributed by atoms with Gasteiger partial charge in [-0.05, 0) is 57.3 Å². The van der Waals surface area contributed by atoms with Gasteiger partial charge in [0, 0.05) is 24.1 Å². The molecule has 0 aromatic rings. The Balaban J connectivity index is 1.54. The highest BCUT2D eigenvalue weighted by Crippen LogP contribution is 2.57. The number of nitrogens with one attached hydrogen (secondary N) is 1. The van der Waals surface area contributed by atoms with Gasteiger partial charge in [-0.15, -0.1) is 0 Å². The predicted octanol–water partition coefficient (Wildman–Crippen LogP) is 3.75. The van der Waals surface area contributed by atoms with Gasteiger partial charge in [-0.2, -0.15) is 0 Å². The summed E-state index contributed by atoms with van der Waals surface area (Å²) in [5, 5.41) is 4.01. The lowest BCUT2D eigenvalue weighted by atomic mass is 9.50. The van der Waals surface area contributed by atoms with Crippen molar-refractivity contribution >= 4 is 0 Å². The smallest absolute Gasteiger partial charge is 0.0661 e. The second-order valence-electron chi connectivity index (χ2n) is 7.45. The molecule has 3 rings (SSSR count). The van der Waals surface area contributed by atoms with Crippen molar-refractivity contribution in [3.63, 3.8) is 0 Å². The Morgan fingerprint density at radius 2 is 1.89 bits per heavy atom. The molecule has 0 aromatic heterocycles. The summed E-state index contributed by atoms with van der Waals surface area (Å²) in [6.07, 6.45) is 10.2. The lowest BCUT2D eigenvalue weighted by Gasteiger charge is -2.62. The highest BCUT2D eigenvalue weighted by atomic mass is 16.5. The number of hydrogen-bond donors (Lipinski definition) is 1. The van der Waals surface area contributed by atoms with Gasteiger partial charge in [0.1, 0.15) is 0 Å². The van der Waals surface area contributed by atoms with Crippen molar-refractivity contribution in [3.05, 3.63) is 0 Å². The molecular formula is C17H31NO. The van der Waals surface area contributed by atoms with E-state index in [1.807, 2.05) is 0 Å². The van der Waals surface area contributed by atoms with E-state index in [1.54, 1.807) is 0 Å². The normalized spacial score (nSPS) is 44.7. The molecule has 0 heterocycles. The monoisotopic (exact) mass is 265 g/mol. The minimum absolute atomic E-state index is 0.530. The average Bonchev–Trinajstić information content (AvgIpc) is 2.30. The molecule has 2 heteroatoms. The Labute approximate surface area is 118 Å². The van der Waals surface area contributed by atoms with Gasteiger partial charge >= 0.3 is 0 Å². The summed E-state index contributed by atoms with van der Waals surface area (Å²) >= 11 is 0. The van der Waals surface area contributed by atoms with Crippen LogP contribution < -0.4 is 5.32 Å². The van der Waals surface area contributed by atoms with Crippen molar-refractivity contribution in [1.29, 1.82) is 0 Å². The zero-order valence-corrected chi connectivity index (χ0v) is 13.0. The van der Waals surface area contributed by atoms with Crippen LogP contribution in [0.4, 0.5) is 0 Å². The molecule has 0 amide bonds. The van der Waals surface area contributed by atoms with E-state index in [0.29, 0.717) is 11.5 Å². The molecule has 0 bridgehead atoms. The van der Waals surface area contributed by atoms with Crippen LogP contribution in [0.5, 0.6) is 0 Å². The van der Waals surface area contributed by atoms with Gasteiger partial charge in [-0.25, -0.2) is 0 Å². The van der Waals surface area contributed by atoms with Crippen molar-refractivity contribution < 1.29 is 4.74 Å². The summed E-state index contributed by atoms with van der Waals surface area (Å²) in [7, 11) is 0. The van der Waals surface area contributed by atoms with Crippen LogP contribution >= 0.6 is 0 Å². The topological polar surface area (TPSA) is 21.3 Å². The Morgan fingerprint density at radius 1 is 1.11 bits per heavy atom. The molecule has 110 valence electrons. The van der Waals surface area contributed by atoms with Gasteiger partial charge in [0.05, 0.1) is 6.10 Å². The molecule has 0 radical (unpaired) electrons. The quantitative estimate of drug-likeness (QED) is 0.836. The van der Waals surface area contributed by atoms with Gasteiger partial charge in [-0.3, -0.25) is 0 Å². The lowest BCUT2D eigenvalue weighted by Crippen LogP contribution is -2.68. The summed E-state index contributed by atoms with van der Waals surface area (Å²) in [4.78, 5) is 0. The highest BCUT2D eigenvalue weighted by Gasteiger charge is 2.59. The predicted molar refractivity (Wildman–Crippen MR) is 79.2 cm³/mol. The van der Waals surface area contributed by atoms with Crippen LogP contribution in [0.3, 0.4) is 0 Å². The van der Waals surface area contributed by atoms with Gasteiger partial charge in [0.25, 0.3) is 0 Å². The second-order valence-corrected chi connectivity index (χ2v) is 7.45. The summed E-state index contributed by atoms with van der Waals surface area (Å²) in [6.45, 7) is 7.87. The van der Waals surface area contributed by atoms with Crippen LogP contribution in [0.15, 0.2) is 0 Å². The number of ether oxygens (including phenoxy) is 1. The first-order chi connectivity index (χ1) is 9.15. The molecule has 3 fully saturated rings. The summed E-state index contributed by atoms with van der Waals surface area (Å²) < 4.78 is 5.95. The maximum atomic E-state index is 5.95. The van der Waals surface area contributed by atoms with Gasteiger partial charge in [-0.1, -0.05) is 20.3 Å². The van der Waals surface area contributed by atoms with Crippen LogP contribution in [-0.2, 0) is 4.74 Å². The highest BCUT2D eigenvalue weighted by molar-refractivity contribution is 5.12. The van der Waals surface area contributed by atoms with Crippen LogP contribution in [0.2, 0.25) is 0 Å². The van der Waals surface area contributed by atoms with Crippen LogP contribution in [0.1, 0.15) is 65.7 Å². The molecule has 5 unspecified atom stereocenters. The largest absolute Gasteiger partial charge is 0.378 e. The Morgan fingerprint density at radius 3 is 2.47 bits per heavy atom. The molecule has 1 N–H and O–H groups in total. The standard InChI is InChI=1S/C17H31NO/c1-4-19-16-11-15(17(16)8-5-9-17)18-14-7-6-12(2)13(3)10-14/h12-16,18H,4-11H2,1-3H3. The van der Waals surface area contributed by atoms with Crippen molar-refractivity contribution in [3.8, 4) is 0 Å². The van der Waals surface area contributed by atoms with E-state index < -0.39 is 0 Å². The fourth-order valence-corrected chi connectivity index (χ4v) is 4.66. The van der Waals surface area contributed by atoms with Gasteiger partial charge in [0.2, 0.25) is 0 Å². The fraction of sp³-hybridized carbons (Fsp3) is 1.00. The minimum atomic E-state index is 0.530. The molecular weight excluding hydrogens is 234 g/mol. The first-order valence-corrected chi connectivity index (χ1v) is 8.53. The fourth-order valence-electron chi connectivity index (χ4n) is 4.66. The zero-order chi connectivity index (χ0) is 13.5. The molecule has 5 atom stereocenters. The number of rotatable bonds is 4. The Hall–Kier alpha value is -0.0800. The average molecular weight is 265 g/mol. The molecule has 3 aliphatic rings. The van der Waals surface area contributed by atoms with Crippen molar-refractivity contribution in [1.82, 2.24) is 5.32 Å². The molecule has 3 aliphatic carbocycles. The first-order valence-electron chi connectivity index (χ1n) is 8.53. The van der Waals surface area contributed by atoms with E-state index in [-0.39, 0.29) is 0 Å². The van der Waals surface area contributed by atoms with E-state index in [9.17, 15) is 0 Å². The lowest BCUT2D eigenvalue weighted by molar-refractivity contribution is -0.175. The van der Waals surface area contributed by atoms with Crippen LogP contribution in [0.25, 0.3) is 0 Å². The van der Waals surface area contributed by atoms with Crippen LogP contribution in [-0.4, -0.2) is 24.8 Å². The molecule has 1 spiro atoms. The molecule has 0 aliphatic heterocycles. The van der Waals surface area contributed by atoms with E-state index in [2.05, 4.69) is 26.1 Å². The Kier molecular flexibility index (Phi) is 3.92. The van der Waals surface area contributed by atoms with Crippen LogP contribution in [0, 0.1) is 17.3 Å². The van der Waals surface area contributed by atoms with Gasteiger partial charge in [0.15, 0.2) is 0 Å². The minimum Gasteiger partial charge on any atom is -0.378 e. The van der Waals surface area contributed by atoms with Gasteiger partial charge < -0.3 is 10.1 Å². The van der Waals surface area contributed by atoms with E-state index in [0.717, 1.165) is 30.5 Å². The summed E-state index contributed by atoms with van der Waals surface area (Å²) in [6, 6.07) is 1.53. The maximum Gasteiger partial charge on any atom is 0.0661 e. The number of hydrogen-bond acceptors (Lipinski definition) is 2. The van der Waals surface area contributed by atoms with Crippen molar-refractivity contribution in [2.24, 2.45) is 17.3 Å². The van der Waals surface area contributed by atoms with E-state index in [1.165, 1.54) is 44.9 Å².